The van der Waals surface area contributed by atoms with Crippen LogP contribution in [0.2, 0.25) is 0 Å². The van der Waals surface area contributed by atoms with Gasteiger partial charge in [-0.2, -0.15) is 5.10 Å². The Kier molecular flexibility index (Phi) is 3.30. The van der Waals surface area contributed by atoms with Gasteiger partial charge in [-0.3, -0.25) is 9.48 Å². The summed E-state index contributed by atoms with van der Waals surface area (Å²) in [6.07, 6.45) is 1.13. The predicted octanol–water partition coefficient (Wildman–Crippen LogP) is 2.39. The van der Waals surface area contributed by atoms with Gasteiger partial charge in [0.2, 0.25) is 0 Å². The molecule has 0 aliphatic carbocycles. The lowest BCUT2D eigenvalue weighted by Gasteiger charge is -2.30. The molecule has 0 atom stereocenters. The highest BCUT2D eigenvalue weighted by Gasteiger charge is 2.21. The molecule has 1 saturated heterocycles. The molecule has 0 unspecified atom stereocenters. The first-order valence-corrected chi connectivity index (χ1v) is 7.03. The zero-order chi connectivity index (χ0) is 14.1. The van der Waals surface area contributed by atoms with E-state index in [0.717, 1.165) is 48.6 Å². The molecule has 1 aliphatic heterocycles. The molecule has 0 radical (unpaired) electrons. The fourth-order valence-corrected chi connectivity index (χ4v) is 2.46. The molecular weight excluding hydrogens is 250 g/mol. The van der Waals surface area contributed by atoms with Crippen molar-refractivity contribution >= 4 is 5.91 Å². The maximum atomic E-state index is 12.1. The van der Waals surface area contributed by atoms with Crippen LogP contribution in [0.5, 0.6) is 0 Å². The van der Waals surface area contributed by atoms with Gasteiger partial charge >= 0.3 is 0 Å². The molecule has 104 valence electrons. The van der Waals surface area contributed by atoms with Crippen molar-refractivity contribution in [2.24, 2.45) is 0 Å². The molecule has 1 amide bonds. The second-order valence-electron chi connectivity index (χ2n) is 5.43. The van der Waals surface area contributed by atoms with Crippen LogP contribution in [0.4, 0.5) is 0 Å². The average Bonchev–Trinajstić information content (AvgIpc) is 2.66. The number of benzene rings is 1. The number of nitrogens with zero attached hydrogens (tertiary/aromatic N) is 3. The van der Waals surface area contributed by atoms with E-state index in [2.05, 4.69) is 18.1 Å². The highest BCUT2D eigenvalue weighted by molar-refractivity contribution is 5.94. The van der Waals surface area contributed by atoms with Gasteiger partial charge in [0, 0.05) is 24.3 Å². The summed E-state index contributed by atoms with van der Waals surface area (Å²) in [7, 11) is 0. The van der Waals surface area contributed by atoms with E-state index in [9.17, 15) is 4.79 Å². The summed E-state index contributed by atoms with van der Waals surface area (Å²) in [4.78, 5) is 13.9. The zero-order valence-electron chi connectivity index (χ0n) is 12.0. The van der Waals surface area contributed by atoms with Gasteiger partial charge in [0.25, 0.3) is 5.91 Å². The topological polar surface area (TPSA) is 38.1 Å². The average molecular weight is 269 g/mol. The van der Waals surface area contributed by atoms with Crippen molar-refractivity contribution in [3.05, 3.63) is 52.8 Å². The first-order chi connectivity index (χ1) is 9.63. The number of hydrogen-bond donors (Lipinski definition) is 0. The molecule has 1 aliphatic rings. The standard InChI is InChI=1S/C16H19N3O/c1-12-10-13(2)19(17-12)11-14-4-6-15(7-5-14)16(20)18-8-3-9-18/h4-7,10H,3,8-9,11H2,1-2H3. The fraction of sp³-hybridized carbons (Fsp3) is 0.375. The summed E-state index contributed by atoms with van der Waals surface area (Å²) in [5, 5.41) is 4.46. The molecule has 0 spiro atoms. The molecular formula is C16H19N3O. The van der Waals surface area contributed by atoms with Gasteiger partial charge in [-0.05, 0) is 44.0 Å². The highest BCUT2D eigenvalue weighted by Crippen LogP contribution is 2.14. The molecule has 20 heavy (non-hydrogen) atoms. The van der Waals surface area contributed by atoms with E-state index in [1.807, 2.05) is 40.8 Å². The predicted molar refractivity (Wildman–Crippen MR) is 77.8 cm³/mol. The first-order valence-electron chi connectivity index (χ1n) is 7.03. The fourth-order valence-electron chi connectivity index (χ4n) is 2.46. The Bertz CT molecular complexity index is 624. The van der Waals surface area contributed by atoms with Gasteiger partial charge in [0.1, 0.15) is 0 Å². The van der Waals surface area contributed by atoms with Crippen molar-refractivity contribution in [2.45, 2.75) is 26.8 Å². The van der Waals surface area contributed by atoms with Gasteiger partial charge in [-0.15, -0.1) is 0 Å². The number of likely N-dealkylation sites (tertiary alicyclic amines) is 1. The van der Waals surface area contributed by atoms with Gasteiger partial charge in [0.15, 0.2) is 0 Å². The van der Waals surface area contributed by atoms with Gasteiger partial charge in [0.05, 0.1) is 12.2 Å². The number of carbonyl (C=O) groups excluding carboxylic acids is 1. The zero-order valence-corrected chi connectivity index (χ0v) is 12.0. The quantitative estimate of drug-likeness (QED) is 0.858. The smallest absolute Gasteiger partial charge is 0.253 e. The third kappa shape index (κ3) is 2.46. The summed E-state index contributed by atoms with van der Waals surface area (Å²) in [5.41, 5.74) is 4.13. The molecule has 4 nitrogen and oxygen atoms in total. The molecule has 1 aromatic carbocycles. The van der Waals surface area contributed by atoms with Crippen molar-refractivity contribution in [1.29, 1.82) is 0 Å². The molecule has 0 N–H and O–H groups in total. The largest absolute Gasteiger partial charge is 0.339 e. The number of hydrogen-bond acceptors (Lipinski definition) is 2. The van der Waals surface area contributed by atoms with Crippen LogP contribution < -0.4 is 0 Å². The number of rotatable bonds is 3. The van der Waals surface area contributed by atoms with Crippen molar-refractivity contribution in [3.63, 3.8) is 0 Å². The van der Waals surface area contributed by atoms with E-state index < -0.39 is 0 Å². The Morgan fingerprint density at radius 2 is 1.90 bits per heavy atom. The molecule has 2 heterocycles. The number of carbonyl (C=O) groups is 1. The van der Waals surface area contributed by atoms with Gasteiger partial charge in [-0.1, -0.05) is 12.1 Å². The van der Waals surface area contributed by atoms with E-state index in [4.69, 9.17) is 0 Å². The monoisotopic (exact) mass is 269 g/mol. The molecule has 0 saturated carbocycles. The Hall–Kier alpha value is -2.10. The van der Waals surface area contributed by atoms with E-state index in [-0.39, 0.29) is 5.91 Å². The van der Waals surface area contributed by atoms with E-state index in [1.54, 1.807) is 0 Å². The lowest BCUT2D eigenvalue weighted by molar-refractivity contribution is 0.0652. The van der Waals surface area contributed by atoms with E-state index in [1.165, 1.54) is 0 Å². The minimum Gasteiger partial charge on any atom is -0.339 e. The Morgan fingerprint density at radius 1 is 1.20 bits per heavy atom. The maximum absolute atomic E-state index is 12.1. The Labute approximate surface area is 119 Å². The van der Waals surface area contributed by atoms with Crippen LogP contribution in [0.3, 0.4) is 0 Å². The van der Waals surface area contributed by atoms with Gasteiger partial charge in [-0.25, -0.2) is 0 Å². The number of amides is 1. The van der Waals surface area contributed by atoms with E-state index >= 15 is 0 Å². The van der Waals surface area contributed by atoms with Crippen molar-refractivity contribution in [1.82, 2.24) is 14.7 Å². The maximum Gasteiger partial charge on any atom is 0.253 e. The molecule has 3 rings (SSSR count). The van der Waals surface area contributed by atoms with Crippen LogP contribution in [-0.4, -0.2) is 33.7 Å². The summed E-state index contributed by atoms with van der Waals surface area (Å²) >= 11 is 0. The summed E-state index contributed by atoms with van der Waals surface area (Å²) in [6, 6.07) is 9.94. The molecule has 1 fully saturated rings. The summed E-state index contributed by atoms with van der Waals surface area (Å²) in [6.45, 7) is 6.59. The van der Waals surface area contributed by atoms with Crippen LogP contribution in [0.15, 0.2) is 30.3 Å². The first kappa shape index (κ1) is 12.9. The third-order valence-electron chi connectivity index (χ3n) is 3.78. The normalized spacial score (nSPS) is 14.2. The molecule has 0 bridgehead atoms. The number of aromatic nitrogens is 2. The Morgan fingerprint density at radius 3 is 2.40 bits per heavy atom. The van der Waals surface area contributed by atoms with Gasteiger partial charge < -0.3 is 4.90 Å². The van der Waals surface area contributed by atoms with Crippen LogP contribution in [0, 0.1) is 13.8 Å². The minimum absolute atomic E-state index is 0.147. The highest BCUT2D eigenvalue weighted by atomic mass is 16.2. The van der Waals surface area contributed by atoms with Crippen LogP contribution in [0.1, 0.15) is 33.7 Å². The Balaban J connectivity index is 1.72. The van der Waals surface area contributed by atoms with Crippen molar-refractivity contribution in [3.8, 4) is 0 Å². The van der Waals surface area contributed by atoms with Crippen molar-refractivity contribution in [2.75, 3.05) is 13.1 Å². The van der Waals surface area contributed by atoms with Crippen LogP contribution in [0.25, 0.3) is 0 Å². The third-order valence-corrected chi connectivity index (χ3v) is 3.78. The van der Waals surface area contributed by atoms with Crippen LogP contribution in [-0.2, 0) is 6.54 Å². The van der Waals surface area contributed by atoms with Crippen molar-refractivity contribution < 1.29 is 4.79 Å². The second kappa shape index (κ2) is 5.12. The number of aryl methyl sites for hydroxylation is 2. The lowest BCUT2D eigenvalue weighted by Crippen LogP contribution is -2.41. The molecule has 2 aromatic rings. The minimum atomic E-state index is 0.147. The van der Waals surface area contributed by atoms with E-state index in [0.29, 0.717) is 0 Å². The molecule has 4 heteroatoms. The lowest BCUT2D eigenvalue weighted by atomic mass is 10.1. The SMILES string of the molecule is Cc1cc(C)n(Cc2ccc(C(=O)N3CCC3)cc2)n1. The molecule has 1 aromatic heterocycles. The summed E-state index contributed by atoms with van der Waals surface area (Å²) < 4.78 is 1.99. The second-order valence-corrected chi connectivity index (χ2v) is 5.43. The summed E-state index contributed by atoms with van der Waals surface area (Å²) in [5.74, 6) is 0.147. The van der Waals surface area contributed by atoms with Crippen LogP contribution >= 0.6 is 0 Å².